The quantitative estimate of drug-likeness (QED) is 0.159. The highest BCUT2D eigenvalue weighted by Gasteiger charge is 2.24. The number of hydrogen-bond acceptors (Lipinski definition) is 5. The van der Waals surface area contributed by atoms with Gasteiger partial charge in [0.15, 0.2) is 0 Å². The molecule has 0 radical (unpaired) electrons. The molecule has 1 aromatic heterocycles. The predicted molar refractivity (Wildman–Crippen MR) is 176 cm³/mol. The highest BCUT2D eigenvalue weighted by Crippen LogP contribution is 2.33. The van der Waals surface area contributed by atoms with Gasteiger partial charge in [-0.05, 0) is 111 Å². The van der Waals surface area contributed by atoms with Crippen LogP contribution in [0.1, 0.15) is 83.8 Å². The number of aromatic nitrogens is 1. The first kappa shape index (κ1) is 32.5. The Labute approximate surface area is 257 Å². The van der Waals surface area contributed by atoms with Gasteiger partial charge in [0.2, 0.25) is 0 Å². The fraction of sp³-hybridized carbons (Fsp3) is 0.500. The van der Waals surface area contributed by atoms with Crippen LogP contribution in [0.5, 0.6) is 5.75 Å². The van der Waals surface area contributed by atoms with Gasteiger partial charge in [0, 0.05) is 29.9 Å². The van der Waals surface area contributed by atoms with E-state index in [9.17, 15) is 9.59 Å². The van der Waals surface area contributed by atoms with E-state index >= 15 is 0 Å². The van der Waals surface area contributed by atoms with Gasteiger partial charge in [-0.1, -0.05) is 57.2 Å². The molecule has 1 fully saturated rings. The Kier molecular flexibility index (Phi) is 12.0. The van der Waals surface area contributed by atoms with Crippen LogP contribution in [-0.2, 0) is 13.1 Å². The summed E-state index contributed by atoms with van der Waals surface area (Å²) in [6, 6.07) is 14.2. The largest absolute Gasteiger partial charge is 0.494 e. The Morgan fingerprint density at radius 1 is 0.977 bits per heavy atom. The molecule has 232 valence electrons. The summed E-state index contributed by atoms with van der Waals surface area (Å²) in [6.45, 7) is 11.5. The number of amides is 1. The maximum absolute atomic E-state index is 13.8. The molecule has 2 aromatic carbocycles. The van der Waals surface area contributed by atoms with Crippen molar-refractivity contribution in [1.82, 2.24) is 20.9 Å². The molecule has 0 aliphatic heterocycles. The van der Waals surface area contributed by atoms with E-state index in [-0.39, 0.29) is 18.0 Å². The third-order valence-corrected chi connectivity index (χ3v) is 8.96. The van der Waals surface area contributed by atoms with E-state index in [4.69, 9.17) is 4.74 Å². The molecular weight excluding hydrogens is 536 g/mol. The molecule has 1 unspecified atom stereocenters. The molecule has 1 amide bonds. The van der Waals surface area contributed by atoms with Gasteiger partial charge in [-0.3, -0.25) is 9.59 Å². The zero-order chi connectivity index (χ0) is 30.8. The number of nitrogens with one attached hydrogen (secondary N) is 4. The van der Waals surface area contributed by atoms with Crippen LogP contribution < -0.4 is 26.2 Å². The number of carbonyl (C=O) groups is 1. The molecule has 1 aliphatic carbocycles. The Morgan fingerprint density at radius 3 is 2.37 bits per heavy atom. The number of hydrogen-bond donors (Lipinski definition) is 4. The average molecular weight is 587 g/mol. The van der Waals surface area contributed by atoms with Crippen molar-refractivity contribution in [2.45, 2.75) is 79.3 Å². The molecular formula is C36H50N4O3. The Morgan fingerprint density at radius 2 is 1.70 bits per heavy atom. The highest BCUT2D eigenvalue weighted by atomic mass is 16.5. The van der Waals surface area contributed by atoms with E-state index in [1.54, 1.807) is 0 Å². The molecule has 4 rings (SSSR count). The minimum absolute atomic E-state index is 0.157. The van der Waals surface area contributed by atoms with Gasteiger partial charge in [-0.2, -0.15) is 0 Å². The smallest absolute Gasteiger partial charge is 0.253 e. The van der Waals surface area contributed by atoms with Gasteiger partial charge < -0.3 is 25.7 Å². The van der Waals surface area contributed by atoms with Gasteiger partial charge in [-0.15, -0.1) is 0 Å². The Balaban J connectivity index is 1.56. The third kappa shape index (κ3) is 8.80. The summed E-state index contributed by atoms with van der Waals surface area (Å²) < 4.78 is 5.87. The van der Waals surface area contributed by atoms with Crippen LogP contribution in [0.3, 0.4) is 0 Å². The zero-order valence-electron chi connectivity index (χ0n) is 26.7. The lowest BCUT2D eigenvalue weighted by Gasteiger charge is -2.23. The maximum Gasteiger partial charge on any atom is 0.253 e. The minimum atomic E-state index is -0.173. The first-order valence-corrected chi connectivity index (χ1v) is 16.0. The van der Waals surface area contributed by atoms with Gasteiger partial charge in [0.1, 0.15) is 5.75 Å². The van der Waals surface area contributed by atoms with E-state index in [0.29, 0.717) is 30.2 Å². The van der Waals surface area contributed by atoms with Crippen molar-refractivity contribution < 1.29 is 9.53 Å². The summed E-state index contributed by atoms with van der Waals surface area (Å²) >= 11 is 0. The van der Waals surface area contributed by atoms with Crippen molar-refractivity contribution in [3.63, 3.8) is 0 Å². The maximum atomic E-state index is 13.8. The van der Waals surface area contributed by atoms with Gasteiger partial charge in [-0.25, -0.2) is 0 Å². The second kappa shape index (κ2) is 15.9. The van der Waals surface area contributed by atoms with Crippen molar-refractivity contribution >= 4 is 5.91 Å². The highest BCUT2D eigenvalue weighted by molar-refractivity contribution is 5.97. The number of aryl methyl sites for hydroxylation is 3. The number of H-pyrrole nitrogens is 1. The normalized spacial score (nSPS) is 14.2. The SMILES string of the molecule is CCC(CNCc1c(C)cc(-c2ccc(OCCCNC)cc2)cc1C(=O)NCc1c(C)cc(C)[nH]c1=O)C1CCCC1. The van der Waals surface area contributed by atoms with E-state index in [2.05, 4.69) is 40.8 Å². The number of ether oxygens (including phenoxy) is 1. The predicted octanol–water partition coefficient (Wildman–Crippen LogP) is 6.19. The lowest BCUT2D eigenvalue weighted by atomic mass is 9.88. The molecule has 0 spiro atoms. The molecule has 7 nitrogen and oxygen atoms in total. The standard InChI is InChI=1S/C36H50N4O3/c1-6-27(28-10-7-8-11-28)21-38-22-33-25(3)19-30(29-12-14-31(15-13-29)43-17-9-16-37-5)20-32(33)35(41)39-23-34-24(2)18-26(4)40-36(34)42/h12-15,18-20,27-28,37-38H,6-11,16-17,21-23H2,1-5H3,(H,39,41)(H,40,42). The average Bonchev–Trinajstić information content (AvgIpc) is 3.52. The van der Waals surface area contributed by atoms with E-state index in [1.165, 1.54) is 32.1 Å². The fourth-order valence-corrected chi connectivity index (χ4v) is 6.42. The zero-order valence-corrected chi connectivity index (χ0v) is 26.7. The van der Waals surface area contributed by atoms with Crippen LogP contribution in [-0.4, -0.2) is 37.6 Å². The number of pyridine rings is 1. The van der Waals surface area contributed by atoms with Gasteiger partial charge in [0.05, 0.1) is 6.61 Å². The van der Waals surface area contributed by atoms with Crippen LogP contribution in [0, 0.1) is 32.6 Å². The van der Waals surface area contributed by atoms with E-state index in [1.807, 2.05) is 57.3 Å². The molecule has 1 aliphatic rings. The van der Waals surface area contributed by atoms with E-state index in [0.717, 1.165) is 64.7 Å². The van der Waals surface area contributed by atoms with Crippen molar-refractivity contribution in [2.75, 3.05) is 26.7 Å². The van der Waals surface area contributed by atoms with Crippen molar-refractivity contribution in [3.05, 3.63) is 86.3 Å². The van der Waals surface area contributed by atoms with Crippen LogP contribution in [0.15, 0.2) is 47.3 Å². The summed E-state index contributed by atoms with van der Waals surface area (Å²) in [6.07, 6.45) is 7.47. The lowest BCUT2D eigenvalue weighted by Crippen LogP contribution is -2.31. The van der Waals surface area contributed by atoms with Gasteiger partial charge >= 0.3 is 0 Å². The molecule has 1 heterocycles. The van der Waals surface area contributed by atoms with Crippen molar-refractivity contribution in [2.24, 2.45) is 11.8 Å². The summed E-state index contributed by atoms with van der Waals surface area (Å²) in [7, 11) is 1.94. The Bertz CT molecular complexity index is 1410. The molecule has 0 saturated heterocycles. The molecule has 7 heteroatoms. The molecule has 4 N–H and O–H groups in total. The number of benzene rings is 2. The van der Waals surface area contributed by atoms with Gasteiger partial charge in [0.25, 0.3) is 11.5 Å². The first-order chi connectivity index (χ1) is 20.8. The van der Waals surface area contributed by atoms with Crippen molar-refractivity contribution in [3.8, 4) is 16.9 Å². The fourth-order valence-electron chi connectivity index (χ4n) is 6.42. The van der Waals surface area contributed by atoms with Crippen molar-refractivity contribution in [1.29, 1.82) is 0 Å². The number of carbonyl (C=O) groups excluding carboxylic acids is 1. The minimum Gasteiger partial charge on any atom is -0.494 e. The summed E-state index contributed by atoms with van der Waals surface area (Å²) in [5.41, 5.74) is 6.83. The summed E-state index contributed by atoms with van der Waals surface area (Å²) in [5.74, 6) is 2.12. The number of rotatable bonds is 15. The lowest BCUT2D eigenvalue weighted by molar-refractivity contribution is 0.0949. The van der Waals surface area contributed by atoms with Crippen LogP contribution >= 0.6 is 0 Å². The molecule has 43 heavy (non-hydrogen) atoms. The molecule has 1 atom stereocenters. The second-order valence-electron chi connectivity index (χ2n) is 12.1. The Hall–Kier alpha value is -3.42. The first-order valence-electron chi connectivity index (χ1n) is 16.0. The molecule has 0 bridgehead atoms. The van der Waals surface area contributed by atoms with Crippen LogP contribution in [0.25, 0.3) is 11.1 Å². The molecule has 1 saturated carbocycles. The van der Waals surface area contributed by atoms with E-state index < -0.39 is 0 Å². The topological polar surface area (TPSA) is 95.2 Å². The second-order valence-corrected chi connectivity index (χ2v) is 12.1. The third-order valence-electron chi connectivity index (χ3n) is 8.96. The molecule has 3 aromatic rings. The number of aromatic amines is 1. The van der Waals surface area contributed by atoms with Crippen LogP contribution in [0.4, 0.5) is 0 Å². The van der Waals surface area contributed by atoms with Crippen LogP contribution in [0.2, 0.25) is 0 Å². The monoisotopic (exact) mass is 586 g/mol. The summed E-state index contributed by atoms with van der Waals surface area (Å²) in [5, 5.41) is 9.89. The summed E-state index contributed by atoms with van der Waals surface area (Å²) in [4.78, 5) is 29.2.